The van der Waals surface area contributed by atoms with Crippen LogP contribution in [0.4, 0.5) is 0 Å². The van der Waals surface area contributed by atoms with Crippen LogP contribution in [-0.2, 0) is 6.42 Å². The molecule has 1 rings (SSSR count). The van der Waals surface area contributed by atoms with Gasteiger partial charge in [-0.15, -0.1) is 0 Å². The first kappa shape index (κ1) is 16.0. The molecule has 0 aromatic heterocycles. The van der Waals surface area contributed by atoms with Gasteiger partial charge in [-0.05, 0) is 51.2 Å². The molecule has 1 N–H and O–H groups in total. The predicted molar refractivity (Wildman–Crippen MR) is 83.5 cm³/mol. The normalized spacial score (nSPS) is 13.0. The molecule has 0 aliphatic rings. The van der Waals surface area contributed by atoms with Crippen LogP contribution in [-0.4, -0.2) is 38.1 Å². The average Bonchev–Trinajstić information content (AvgIpc) is 2.29. The molecule has 4 heteroatoms. The Kier molecular flexibility index (Phi) is 7.23. The Bertz CT molecular complexity index is 369. The molecule has 102 valence electrons. The van der Waals surface area contributed by atoms with Crippen LogP contribution in [0.15, 0.2) is 22.7 Å². The Hall–Kier alpha value is -0.0900. The van der Waals surface area contributed by atoms with E-state index in [9.17, 15) is 0 Å². The van der Waals surface area contributed by atoms with E-state index in [0.29, 0.717) is 6.04 Å². The van der Waals surface area contributed by atoms with Gasteiger partial charge in [0.25, 0.3) is 0 Å². The molecule has 0 fully saturated rings. The quantitative estimate of drug-likeness (QED) is 0.820. The molecule has 0 aliphatic heterocycles. The zero-order valence-corrected chi connectivity index (χ0v) is 13.7. The number of nitrogens with one attached hydrogen (secondary N) is 1. The predicted octanol–water partition coefficient (Wildman–Crippen LogP) is 3.57. The van der Waals surface area contributed by atoms with Gasteiger partial charge in [-0.1, -0.05) is 40.5 Å². The van der Waals surface area contributed by atoms with Crippen molar-refractivity contribution in [2.75, 3.05) is 27.2 Å². The summed E-state index contributed by atoms with van der Waals surface area (Å²) in [5.74, 6) is 0. The molecule has 0 amide bonds. The first-order valence-electron chi connectivity index (χ1n) is 6.35. The third-order valence-corrected chi connectivity index (χ3v) is 3.60. The summed E-state index contributed by atoms with van der Waals surface area (Å²) in [6.45, 7) is 4.26. The van der Waals surface area contributed by atoms with Gasteiger partial charge in [0.15, 0.2) is 0 Å². The molecule has 1 unspecified atom stereocenters. The monoisotopic (exact) mass is 332 g/mol. The van der Waals surface area contributed by atoms with E-state index in [2.05, 4.69) is 53.2 Å². The van der Waals surface area contributed by atoms with Crippen molar-refractivity contribution in [2.45, 2.75) is 25.8 Å². The number of hydrogen-bond donors (Lipinski definition) is 1. The standard InChI is InChI=1S/C14H22BrClN2/c1-4-7-17-13(10-18(2)3)8-11-5-6-12(15)9-14(11)16/h5-6,9,13,17H,4,7-8,10H2,1-3H3. The smallest absolute Gasteiger partial charge is 0.0449 e. The fraction of sp³-hybridized carbons (Fsp3) is 0.571. The largest absolute Gasteiger partial charge is 0.312 e. The number of benzene rings is 1. The number of halogens is 2. The third kappa shape index (κ3) is 5.70. The molecule has 0 radical (unpaired) electrons. The Morgan fingerprint density at radius 1 is 1.39 bits per heavy atom. The summed E-state index contributed by atoms with van der Waals surface area (Å²) >= 11 is 9.71. The lowest BCUT2D eigenvalue weighted by Crippen LogP contribution is -2.40. The van der Waals surface area contributed by atoms with Crippen LogP contribution in [0, 0.1) is 0 Å². The maximum Gasteiger partial charge on any atom is 0.0449 e. The van der Waals surface area contributed by atoms with Crippen LogP contribution in [0.5, 0.6) is 0 Å². The second-order valence-corrected chi connectivity index (χ2v) is 6.18. The molecule has 0 aliphatic carbocycles. The van der Waals surface area contributed by atoms with E-state index in [1.165, 1.54) is 5.56 Å². The summed E-state index contributed by atoms with van der Waals surface area (Å²) in [5.41, 5.74) is 1.20. The van der Waals surface area contributed by atoms with Gasteiger partial charge < -0.3 is 10.2 Å². The fourth-order valence-corrected chi connectivity index (χ4v) is 2.69. The van der Waals surface area contributed by atoms with Crippen molar-refractivity contribution >= 4 is 27.5 Å². The Balaban J connectivity index is 2.68. The highest BCUT2D eigenvalue weighted by molar-refractivity contribution is 9.10. The van der Waals surface area contributed by atoms with Crippen LogP contribution in [0.25, 0.3) is 0 Å². The molecule has 1 aromatic carbocycles. The van der Waals surface area contributed by atoms with Crippen LogP contribution >= 0.6 is 27.5 Å². The SMILES string of the molecule is CCCNC(Cc1ccc(Br)cc1Cl)CN(C)C. The number of likely N-dealkylation sites (N-methyl/N-ethyl adjacent to an activating group) is 1. The number of nitrogens with zero attached hydrogens (tertiary/aromatic N) is 1. The molecule has 0 bridgehead atoms. The van der Waals surface area contributed by atoms with E-state index in [4.69, 9.17) is 11.6 Å². The first-order chi connectivity index (χ1) is 8.52. The lowest BCUT2D eigenvalue weighted by Gasteiger charge is -2.23. The van der Waals surface area contributed by atoms with Gasteiger partial charge in [0.1, 0.15) is 0 Å². The average molecular weight is 334 g/mol. The van der Waals surface area contributed by atoms with Crippen molar-refractivity contribution < 1.29 is 0 Å². The van der Waals surface area contributed by atoms with Crippen LogP contribution in [0.3, 0.4) is 0 Å². The van der Waals surface area contributed by atoms with Gasteiger partial charge in [0, 0.05) is 22.1 Å². The molecule has 1 aromatic rings. The highest BCUT2D eigenvalue weighted by Gasteiger charge is 2.12. The molecular weight excluding hydrogens is 312 g/mol. The van der Waals surface area contributed by atoms with Crippen LogP contribution in [0.1, 0.15) is 18.9 Å². The molecule has 2 nitrogen and oxygen atoms in total. The molecular formula is C14H22BrClN2. The van der Waals surface area contributed by atoms with Gasteiger partial charge in [0.2, 0.25) is 0 Å². The molecule has 1 atom stereocenters. The molecule has 0 saturated heterocycles. The van der Waals surface area contributed by atoms with Gasteiger partial charge in [-0.25, -0.2) is 0 Å². The van der Waals surface area contributed by atoms with E-state index in [-0.39, 0.29) is 0 Å². The van der Waals surface area contributed by atoms with E-state index < -0.39 is 0 Å². The lowest BCUT2D eigenvalue weighted by molar-refractivity contribution is 0.336. The molecule has 18 heavy (non-hydrogen) atoms. The van der Waals surface area contributed by atoms with Crippen molar-refractivity contribution in [2.24, 2.45) is 0 Å². The Morgan fingerprint density at radius 2 is 2.11 bits per heavy atom. The van der Waals surface area contributed by atoms with E-state index in [0.717, 1.165) is 35.4 Å². The lowest BCUT2D eigenvalue weighted by atomic mass is 10.1. The van der Waals surface area contributed by atoms with E-state index >= 15 is 0 Å². The van der Waals surface area contributed by atoms with Gasteiger partial charge in [0.05, 0.1) is 0 Å². The maximum atomic E-state index is 6.27. The van der Waals surface area contributed by atoms with Crippen molar-refractivity contribution in [1.29, 1.82) is 0 Å². The summed E-state index contributed by atoms with van der Waals surface area (Å²) in [6.07, 6.45) is 2.11. The van der Waals surface area contributed by atoms with Crippen molar-refractivity contribution in [3.8, 4) is 0 Å². The highest BCUT2D eigenvalue weighted by Crippen LogP contribution is 2.22. The zero-order valence-electron chi connectivity index (χ0n) is 11.3. The maximum absolute atomic E-state index is 6.27. The van der Waals surface area contributed by atoms with Gasteiger partial charge >= 0.3 is 0 Å². The summed E-state index contributed by atoms with van der Waals surface area (Å²) in [6, 6.07) is 6.55. The van der Waals surface area contributed by atoms with E-state index in [1.54, 1.807) is 0 Å². The van der Waals surface area contributed by atoms with Crippen molar-refractivity contribution in [3.05, 3.63) is 33.3 Å². The molecule has 0 spiro atoms. The minimum absolute atomic E-state index is 0.443. The van der Waals surface area contributed by atoms with Crippen LogP contribution in [0.2, 0.25) is 5.02 Å². The fourth-order valence-electron chi connectivity index (χ4n) is 1.94. The zero-order chi connectivity index (χ0) is 13.5. The van der Waals surface area contributed by atoms with Gasteiger partial charge in [-0.2, -0.15) is 0 Å². The summed E-state index contributed by atoms with van der Waals surface area (Å²) in [4.78, 5) is 2.21. The Labute approximate surface area is 124 Å². The van der Waals surface area contributed by atoms with Gasteiger partial charge in [-0.3, -0.25) is 0 Å². The van der Waals surface area contributed by atoms with Crippen molar-refractivity contribution in [1.82, 2.24) is 10.2 Å². The minimum Gasteiger partial charge on any atom is -0.312 e. The third-order valence-electron chi connectivity index (χ3n) is 2.75. The number of hydrogen-bond acceptors (Lipinski definition) is 2. The minimum atomic E-state index is 0.443. The highest BCUT2D eigenvalue weighted by atomic mass is 79.9. The van der Waals surface area contributed by atoms with Crippen molar-refractivity contribution in [3.63, 3.8) is 0 Å². The summed E-state index contributed by atoms with van der Waals surface area (Å²) < 4.78 is 1.03. The Morgan fingerprint density at radius 3 is 2.67 bits per heavy atom. The molecule has 0 heterocycles. The van der Waals surface area contributed by atoms with E-state index in [1.807, 2.05) is 12.1 Å². The second-order valence-electron chi connectivity index (χ2n) is 4.85. The summed E-state index contributed by atoms with van der Waals surface area (Å²) in [5, 5.41) is 4.42. The summed E-state index contributed by atoms with van der Waals surface area (Å²) in [7, 11) is 4.20. The molecule has 0 saturated carbocycles. The first-order valence-corrected chi connectivity index (χ1v) is 7.52. The topological polar surface area (TPSA) is 15.3 Å². The van der Waals surface area contributed by atoms with Crippen LogP contribution < -0.4 is 5.32 Å². The second kappa shape index (κ2) is 8.16. The number of rotatable bonds is 7.